The second kappa shape index (κ2) is 14.9. The number of H-pyrrole nitrogens is 1. The highest BCUT2D eigenvalue weighted by Gasteiger charge is 2.25. The molecular weight excluding hydrogens is 755 g/mol. The number of nitrogens with one attached hydrogen (secondary N) is 1. The van der Waals surface area contributed by atoms with Gasteiger partial charge in [-0.1, -0.05) is 139 Å². The number of benzene rings is 7. The lowest BCUT2D eigenvalue weighted by molar-refractivity contribution is 0.590. The van der Waals surface area contributed by atoms with E-state index in [9.17, 15) is 5.26 Å². The fourth-order valence-electron chi connectivity index (χ4n) is 8.71. The summed E-state index contributed by atoms with van der Waals surface area (Å²) >= 11 is 0. The van der Waals surface area contributed by atoms with Gasteiger partial charge >= 0.3 is 0 Å². The third-order valence-corrected chi connectivity index (χ3v) is 12.1. The van der Waals surface area contributed by atoms with E-state index < -0.39 is 0 Å². The second-order valence-electron chi connectivity index (χ2n) is 18.4. The van der Waals surface area contributed by atoms with Gasteiger partial charge in [0.15, 0.2) is 0 Å². The number of aromatic nitrogens is 4. The van der Waals surface area contributed by atoms with Crippen molar-refractivity contribution in [3.63, 3.8) is 0 Å². The third kappa shape index (κ3) is 6.84. The molecule has 0 radical (unpaired) electrons. The summed E-state index contributed by atoms with van der Waals surface area (Å²) in [6.45, 7) is 13.7. The number of rotatable bonds is 6. The summed E-state index contributed by atoms with van der Waals surface area (Å²) in [6, 6.07) is 60.3. The molecule has 1 N–H and O–H groups in total. The standard InChI is InChI=1S/C57H47N5/c1-56(2,3)42-25-26-50-47(30-42)48-31-43(57(4,5)6)32-49(53(48)60-50)55-61-54-45(23-16-24-52(54)62(55)44-21-14-9-15-22-44)39-27-38(36-17-10-7-11-18-36)28-40(29-39)51-33-46(41(34-58)35-59-51)37-19-12-8-13-20-37/h7-33,35,60H,1-6H3. The Kier molecular flexibility index (Phi) is 9.27. The zero-order valence-electron chi connectivity index (χ0n) is 36.0. The Hall–Kier alpha value is -7.55. The van der Waals surface area contributed by atoms with Gasteiger partial charge in [-0.2, -0.15) is 5.26 Å². The molecule has 0 aliphatic rings. The van der Waals surface area contributed by atoms with Gasteiger partial charge in [0.05, 0.1) is 27.8 Å². The van der Waals surface area contributed by atoms with Crippen molar-refractivity contribution in [2.24, 2.45) is 0 Å². The van der Waals surface area contributed by atoms with E-state index in [-0.39, 0.29) is 10.8 Å². The lowest BCUT2D eigenvalue weighted by Crippen LogP contribution is -2.11. The molecular formula is C57H47N5. The molecule has 0 spiro atoms. The first-order chi connectivity index (χ1) is 29.9. The Morgan fingerprint density at radius 1 is 0.532 bits per heavy atom. The van der Waals surface area contributed by atoms with E-state index in [4.69, 9.17) is 9.97 Å². The van der Waals surface area contributed by atoms with Crippen LogP contribution < -0.4 is 0 Å². The molecule has 7 aromatic carbocycles. The van der Waals surface area contributed by atoms with Gasteiger partial charge in [0.2, 0.25) is 0 Å². The summed E-state index contributed by atoms with van der Waals surface area (Å²) in [5, 5.41) is 12.5. The van der Waals surface area contributed by atoms with Crippen LogP contribution in [0.15, 0.2) is 170 Å². The smallest absolute Gasteiger partial charge is 0.147 e. The average molecular weight is 802 g/mol. The first-order valence-electron chi connectivity index (χ1n) is 21.3. The van der Waals surface area contributed by atoms with Crippen LogP contribution in [0.4, 0.5) is 0 Å². The Bertz CT molecular complexity index is 3350. The quantitative estimate of drug-likeness (QED) is 0.182. The summed E-state index contributed by atoms with van der Waals surface area (Å²) in [6.07, 6.45) is 1.70. The van der Waals surface area contributed by atoms with E-state index in [2.05, 4.69) is 178 Å². The van der Waals surface area contributed by atoms with Gasteiger partial charge in [-0.05, 0) is 111 Å². The maximum absolute atomic E-state index is 10.1. The fraction of sp³-hybridized carbons (Fsp3) is 0.140. The largest absolute Gasteiger partial charge is 0.354 e. The predicted octanol–water partition coefficient (Wildman–Crippen LogP) is 14.9. The number of imidazole rings is 1. The molecule has 0 bridgehead atoms. The molecule has 3 aromatic heterocycles. The van der Waals surface area contributed by atoms with Crippen LogP contribution >= 0.6 is 0 Å². The SMILES string of the molecule is CC(C)(C)c1ccc2[nH]c3c(-c4nc5c(-c6cc(-c7ccccc7)cc(-c7cc(-c8ccccc8)c(C#N)cn7)c6)cccc5n4-c4ccccc4)cc(C(C)(C)C)cc3c2c1. The van der Waals surface area contributed by atoms with Crippen LogP contribution in [0, 0.1) is 11.3 Å². The van der Waals surface area contributed by atoms with Crippen molar-refractivity contribution in [1.82, 2.24) is 19.5 Å². The minimum atomic E-state index is -0.114. The summed E-state index contributed by atoms with van der Waals surface area (Å²) in [5.41, 5.74) is 17.0. The molecule has 5 heteroatoms. The summed E-state index contributed by atoms with van der Waals surface area (Å²) < 4.78 is 2.32. The highest BCUT2D eigenvalue weighted by molar-refractivity contribution is 6.13. The number of pyridine rings is 1. The molecule has 300 valence electrons. The van der Waals surface area contributed by atoms with Gasteiger partial charge in [-0.15, -0.1) is 0 Å². The van der Waals surface area contributed by atoms with Crippen LogP contribution in [0.3, 0.4) is 0 Å². The van der Waals surface area contributed by atoms with Crippen molar-refractivity contribution in [3.05, 3.63) is 187 Å². The predicted molar refractivity (Wildman–Crippen MR) is 258 cm³/mol. The monoisotopic (exact) mass is 801 g/mol. The molecule has 0 atom stereocenters. The zero-order valence-corrected chi connectivity index (χ0v) is 36.0. The number of hydrogen-bond acceptors (Lipinski definition) is 3. The molecule has 0 saturated carbocycles. The molecule has 10 rings (SSSR count). The van der Waals surface area contributed by atoms with Crippen molar-refractivity contribution >= 4 is 32.8 Å². The molecule has 0 unspecified atom stereocenters. The molecule has 0 saturated heterocycles. The van der Waals surface area contributed by atoms with Crippen LogP contribution in [0.1, 0.15) is 58.2 Å². The maximum Gasteiger partial charge on any atom is 0.147 e. The average Bonchev–Trinajstić information content (AvgIpc) is 3.87. The first kappa shape index (κ1) is 38.6. The molecule has 10 aromatic rings. The van der Waals surface area contributed by atoms with Crippen molar-refractivity contribution in [3.8, 4) is 67.8 Å². The number of nitrogens with zero attached hydrogens (tertiary/aromatic N) is 4. The molecule has 0 fully saturated rings. The van der Waals surface area contributed by atoms with Gasteiger partial charge in [0.25, 0.3) is 0 Å². The summed E-state index contributed by atoms with van der Waals surface area (Å²) in [5.74, 6) is 0.873. The lowest BCUT2D eigenvalue weighted by atomic mass is 9.84. The van der Waals surface area contributed by atoms with E-state index in [0.717, 1.165) is 83.8 Å². The number of para-hydroxylation sites is 2. The molecule has 0 aliphatic carbocycles. The van der Waals surface area contributed by atoms with Crippen LogP contribution in [-0.4, -0.2) is 19.5 Å². The lowest BCUT2D eigenvalue weighted by Gasteiger charge is -2.21. The molecule has 0 aliphatic heterocycles. The van der Waals surface area contributed by atoms with Crippen molar-refractivity contribution < 1.29 is 0 Å². The van der Waals surface area contributed by atoms with Crippen molar-refractivity contribution in [1.29, 1.82) is 5.26 Å². The summed E-state index contributed by atoms with van der Waals surface area (Å²) in [4.78, 5) is 14.5. The van der Waals surface area contributed by atoms with E-state index in [0.29, 0.717) is 5.56 Å². The minimum absolute atomic E-state index is 0.0119. The number of fused-ring (bicyclic) bond motifs is 4. The highest BCUT2D eigenvalue weighted by Crippen LogP contribution is 2.43. The maximum atomic E-state index is 10.1. The van der Waals surface area contributed by atoms with E-state index in [1.807, 2.05) is 42.5 Å². The van der Waals surface area contributed by atoms with Crippen molar-refractivity contribution in [2.75, 3.05) is 0 Å². The number of hydrogen-bond donors (Lipinski definition) is 1. The van der Waals surface area contributed by atoms with E-state index in [1.54, 1.807) is 6.20 Å². The zero-order chi connectivity index (χ0) is 42.8. The Balaban J connectivity index is 1.25. The van der Waals surface area contributed by atoms with Crippen LogP contribution in [0.25, 0.3) is 94.6 Å². The highest BCUT2D eigenvalue weighted by atomic mass is 15.1. The Morgan fingerprint density at radius 2 is 1.18 bits per heavy atom. The van der Waals surface area contributed by atoms with Crippen LogP contribution in [-0.2, 0) is 10.8 Å². The van der Waals surface area contributed by atoms with Crippen molar-refractivity contribution in [2.45, 2.75) is 52.4 Å². The Morgan fingerprint density at radius 3 is 1.87 bits per heavy atom. The Labute approximate surface area is 363 Å². The van der Waals surface area contributed by atoms with Gasteiger partial charge in [0.1, 0.15) is 11.9 Å². The minimum Gasteiger partial charge on any atom is -0.354 e. The fourth-order valence-corrected chi connectivity index (χ4v) is 8.71. The van der Waals surface area contributed by atoms with Crippen LogP contribution in [0.2, 0.25) is 0 Å². The molecule has 3 heterocycles. The molecule has 62 heavy (non-hydrogen) atoms. The topological polar surface area (TPSA) is 70.3 Å². The normalized spacial score (nSPS) is 12.0. The third-order valence-electron chi connectivity index (χ3n) is 12.1. The molecule has 5 nitrogen and oxygen atoms in total. The van der Waals surface area contributed by atoms with Crippen LogP contribution in [0.5, 0.6) is 0 Å². The van der Waals surface area contributed by atoms with Gasteiger partial charge in [0, 0.05) is 50.4 Å². The molecule has 0 amide bonds. The summed E-state index contributed by atoms with van der Waals surface area (Å²) in [7, 11) is 0. The van der Waals surface area contributed by atoms with Gasteiger partial charge in [-0.3, -0.25) is 9.55 Å². The van der Waals surface area contributed by atoms with Gasteiger partial charge < -0.3 is 4.98 Å². The van der Waals surface area contributed by atoms with E-state index in [1.165, 1.54) is 21.9 Å². The number of nitriles is 1. The van der Waals surface area contributed by atoms with E-state index >= 15 is 0 Å². The first-order valence-corrected chi connectivity index (χ1v) is 21.3. The van der Waals surface area contributed by atoms with Gasteiger partial charge in [-0.25, -0.2) is 4.98 Å². The second-order valence-corrected chi connectivity index (χ2v) is 18.4. The number of aromatic amines is 1.